The lowest BCUT2D eigenvalue weighted by Crippen LogP contribution is -2.30. The molecule has 0 unspecified atom stereocenters. The van der Waals surface area contributed by atoms with Crippen molar-refractivity contribution in [1.29, 1.82) is 0 Å². The van der Waals surface area contributed by atoms with E-state index in [9.17, 15) is 5.11 Å². The van der Waals surface area contributed by atoms with E-state index >= 15 is 0 Å². The zero-order valence-electron chi connectivity index (χ0n) is 9.15. The van der Waals surface area contributed by atoms with Crippen molar-refractivity contribution in [2.24, 2.45) is 0 Å². The van der Waals surface area contributed by atoms with E-state index < -0.39 is 0 Å². The summed E-state index contributed by atoms with van der Waals surface area (Å²) >= 11 is 5.74. The van der Waals surface area contributed by atoms with Crippen LogP contribution in [0.3, 0.4) is 0 Å². The van der Waals surface area contributed by atoms with Gasteiger partial charge in [-0.05, 0) is 32.6 Å². The molecule has 1 aromatic heterocycles. The maximum Gasteiger partial charge on any atom is 0.243 e. The van der Waals surface area contributed by atoms with Gasteiger partial charge in [0.2, 0.25) is 5.95 Å². The normalized spacial score (nSPS) is 25.4. The molecule has 6 heteroatoms. The monoisotopic (exact) mass is 242 g/mol. The summed E-state index contributed by atoms with van der Waals surface area (Å²) in [6.07, 6.45) is 3.47. The molecule has 1 heterocycles. The molecule has 0 radical (unpaired) electrons. The van der Waals surface area contributed by atoms with Crippen molar-refractivity contribution < 1.29 is 5.11 Å². The topological polar surface area (TPSA) is 70.9 Å². The van der Waals surface area contributed by atoms with Crippen molar-refractivity contribution in [2.45, 2.75) is 44.8 Å². The molecule has 2 N–H and O–H groups in total. The lowest BCUT2D eigenvalue weighted by molar-refractivity contribution is 0.124. The fourth-order valence-corrected chi connectivity index (χ4v) is 2.01. The number of hydrogen-bond acceptors (Lipinski definition) is 5. The van der Waals surface area contributed by atoms with Gasteiger partial charge < -0.3 is 10.4 Å². The number of hydrogen-bond donors (Lipinski definition) is 2. The molecule has 5 nitrogen and oxygen atoms in total. The summed E-state index contributed by atoms with van der Waals surface area (Å²) in [7, 11) is 0. The number of aliphatic hydroxyl groups excluding tert-OH is 1. The van der Waals surface area contributed by atoms with E-state index in [1.54, 1.807) is 6.92 Å². The molecule has 0 saturated heterocycles. The van der Waals surface area contributed by atoms with Crippen molar-refractivity contribution in [3.63, 3.8) is 0 Å². The van der Waals surface area contributed by atoms with Crippen LogP contribution in [0.5, 0.6) is 0 Å². The summed E-state index contributed by atoms with van der Waals surface area (Å²) in [5.41, 5.74) is 0.663. The van der Waals surface area contributed by atoms with Gasteiger partial charge in [-0.3, -0.25) is 0 Å². The standard InChI is InChI=1S/C10H15ClN4O/c1-6-9(11)14-15-10(12-6)13-7-3-2-4-8(16)5-7/h7-8,16H,2-5H2,1H3,(H,12,13,15)/t7-,8+/m0/s1. The van der Waals surface area contributed by atoms with Gasteiger partial charge in [-0.25, -0.2) is 4.98 Å². The molecule has 0 amide bonds. The van der Waals surface area contributed by atoms with Gasteiger partial charge in [0.15, 0.2) is 5.15 Å². The molecule has 1 saturated carbocycles. The molecular weight excluding hydrogens is 228 g/mol. The Morgan fingerprint density at radius 2 is 2.19 bits per heavy atom. The van der Waals surface area contributed by atoms with E-state index in [0.717, 1.165) is 25.7 Å². The number of aromatic nitrogens is 3. The first-order chi connectivity index (χ1) is 7.65. The van der Waals surface area contributed by atoms with Crippen LogP contribution in [-0.2, 0) is 0 Å². The van der Waals surface area contributed by atoms with Crippen molar-refractivity contribution in [1.82, 2.24) is 15.2 Å². The second-order valence-corrected chi connectivity index (χ2v) is 4.53. The predicted molar refractivity (Wildman–Crippen MR) is 61.5 cm³/mol. The summed E-state index contributed by atoms with van der Waals surface area (Å²) in [6.45, 7) is 1.79. The molecule has 0 aromatic carbocycles. The number of rotatable bonds is 2. The summed E-state index contributed by atoms with van der Waals surface area (Å²) in [4.78, 5) is 4.19. The SMILES string of the molecule is Cc1nc(N[C@H]2CCC[C@@H](O)C2)nnc1Cl. The van der Waals surface area contributed by atoms with E-state index in [-0.39, 0.29) is 12.1 Å². The molecule has 0 bridgehead atoms. The van der Waals surface area contributed by atoms with Gasteiger partial charge >= 0.3 is 0 Å². The Morgan fingerprint density at radius 1 is 1.38 bits per heavy atom. The second-order valence-electron chi connectivity index (χ2n) is 4.17. The van der Waals surface area contributed by atoms with E-state index in [0.29, 0.717) is 16.8 Å². The first kappa shape index (κ1) is 11.5. The number of nitrogens with zero attached hydrogens (tertiary/aromatic N) is 3. The van der Waals surface area contributed by atoms with Gasteiger partial charge in [-0.15, -0.1) is 10.2 Å². The average Bonchev–Trinajstić information content (AvgIpc) is 2.24. The largest absolute Gasteiger partial charge is 0.393 e. The smallest absolute Gasteiger partial charge is 0.243 e. The molecule has 16 heavy (non-hydrogen) atoms. The summed E-state index contributed by atoms with van der Waals surface area (Å²) in [5, 5.41) is 20.7. The summed E-state index contributed by atoms with van der Waals surface area (Å²) in [6, 6.07) is 0.228. The van der Waals surface area contributed by atoms with Crippen molar-refractivity contribution >= 4 is 17.5 Å². The quantitative estimate of drug-likeness (QED) is 0.823. The Morgan fingerprint density at radius 3 is 2.88 bits per heavy atom. The van der Waals surface area contributed by atoms with Gasteiger partial charge in [0.25, 0.3) is 0 Å². The molecule has 1 aromatic rings. The lowest BCUT2D eigenvalue weighted by atomic mass is 9.93. The maximum absolute atomic E-state index is 9.54. The highest BCUT2D eigenvalue weighted by atomic mass is 35.5. The third-order valence-electron chi connectivity index (χ3n) is 2.78. The third kappa shape index (κ3) is 2.80. The van der Waals surface area contributed by atoms with Gasteiger partial charge in [0.05, 0.1) is 11.8 Å². The Kier molecular flexibility index (Phi) is 3.56. The number of aryl methyl sites for hydroxylation is 1. The summed E-state index contributed by atoms with van der Waals surface area (Å²) < 4.78 is 0. The maximum atomic E-state index is 9.54. The van der Waals surface area contributed by atoms with Crippen LogP contribution in [0.2, 0.25) is 5.15 Å². The van der Waals surface area contributed by atoms with Crippen LogP contribution in [0.25, 0.3) is 0 Å². The van der Waals surface area contributed by atoms with Gasteiger partial charge in [0.1, 0.15) is 0 Å². The highest BCUT2D eigenvalue weighted by Crippen LogP contribution is 2.21. The van der Waals surface area contributed by atoms with E-state index in [1.165, 1.54) is 0 Å². The molecule has 1 aliphatic rings. The fraction of sp³-hybridized carbons (Fsp3) is 0.700. The lowest BCUT2D eigenvalue weighted by Gasteiger charge is -2.26. The molecule has 2 atom stereocenters. The van der Waals surface area contributed by atoms with Crippen LogP contribution in [0.1, 0.15) is 31.4 Å². The van der Waals surface area contributed by atoms with E-state index in [2.05, 4.69) is 20.5 Å². The molecule has 1 fully saturated rings. The minimum absolute atomic E-state index is 0.215. The highest BCUT2D eigenvalue weighted by Gasteiger charge is 2.20. The van der Waals surface area contributed by atoms with Gasteiger partial charge in [-0.1, -0.05) is 11.6 Å². The van der Waals surface area contributed by atoms with Gasteiger partial charge in [0, 0.05) is 6.04 Å². The van der Waals surface area contributed by atoms with Crippen molar-refractivity contribution in [2.75, 3.05) is 5.32 Å². The predicted octanol–water partition coefficient (Wildman–Crippen LogP) is 1.55. The fourth-order valence-electron chi connectivity index (χ4n) is 1.93. The Bertz CT molecular complexity index is 374. The van der Waals surface area contributed by atoms with Crippen LogP contribution in [0, 0.1) is 6.92 Å². The first-order valence-corrected chi connectivity index (χ1v) is 5.84. The van der Waals surface area contributed by atoms with Crippen LogP contribution in [0.4, 0.5) is 5.95 Å². The van der Waals surface area contributed by atoms with Crippen LogP contribution in [-0.4, -0.2) is 32.4 Å². The Hall–Kier alpha value is -0.940. The summed E-state index contributed by atoms with van der Waals surface area (Å²) in [5.74, 6) is 0.487. The van der Waals surface area contributed by atoms with Crippen LogP contribution >= 0.6 is 11.6 Å². The molecule has 2 rings (SSSR count). The molecule has 1 aliphatic carbocycles. The molecule has 88 valence electrons. The average molecular weight is 243 g/mol. The van der Waals surface area contributed by atoms with Gasteiger partial charge in [-0.2, -0.15) is 0 Å². The number of halogens is 1. The van der Waals surface area contributed by atoms with E-state index in [1.807, 2.05) is 0 Å². The van der Waals surface area contributed by atoms with Crippen LogP contribution < -0.4 is 5.32 Å². The van der Waals surface area contributed by atoms with Crippen LogP contribution in [0.15, 0.2) is 0 Å². The zero-order valence-corrected chi connectivity index (χ0v) is 9.91. The Balaban J connectivity index is 2.00. The number of nitrogens with one attached hydrogen (secondary N) is 1. The third-order valence-corrected chi connectivity index (χ3v) is 3.13. The molecular formula is C10H15ClN4O. The minimum atomic E-state index is -0.215. The molecule has 0 spiro atoms. The number of anilines is 1. The molecule has 0 aliphatic heterocycles. The zero-order chi connectivity index (χ0) is 11.5. The number of aliphatic hydroxyl groups is 1. The second kappa shape index (κ2) is 4.93. The first-order valence-electron chi connectivity index (χ1n) is 5.46. The highest BCUT2D eigenvalue weighted by molar-refractivity contribution is 6.29. The van der Waals surface area contributed by atoms with Crippen molar-refractivity contribution in [3.05, 3.63) is 10.8 Å². The van der Waals surface area contributed by atoms with Crippen molar-refractivity contribution in [3.8, 4) is 0 Å². The minimum Gasteiger partial charge on any atom is -0.393 e. The Labute approximate surface area is 99.3 Å². The van der Waals surface area contributed by atoms with E-state index in [4.69, 9.17) is 11.6 Å².